The van der Waals surface area contributed by atoms with Crippen LogP contribution in [-0.2, 0) is 16.4 Å². The van der Waals surface area contributed by atoms with Gasteiger partial charge in [-0.25, -0.2) is 13.1 Å². The van der Waals surface area contributed by atoms with E-state index in [0.29, 0.717) is 13.0 Å². The fraction of sp³-hybridized carbons (Fsp3) is 0.389. The van der Waals surface area contributed by atoms with Crippen molar-refractivity contribution in [3.63, 3.8) is 0 Å². The van der Waals surface area contributed by atoms with Crippen LogP contribution < -0.4 is 4.72 Å². The molecule has 1 heterocycles. The van der Waals surface area contributed by atoms with Crippen LogP contribution in [0.5, 0.6) is 0 Å². The van der Waals surface area contributed by atoms with E-state index < -0.39 is 10.0 Å². The molecule has 1 atom stereocenters. The van der Waals surface area contributed by atoms with E-state index in [-0.39, 0.29) is 11.7 Å². The molecule has 1 aromatic carbocycles. The largest absolute Gasteiger partial charge is 0.265 e. The van der Waals surface area contributed by atoms with Gasteiger partial charge >= 0.3 is 0 Å². The van der Waals surface area contributed by atoms with Crippen LogP contribution in [0.4, 0.5) is 0 Å². The zero-order valence-corrected chi connectivity index (χ0v) is 14.3. The van der Waals surface area contributed by atoms with Crippen LogP contribution in [-0.4, -0.2) is 25.7 Å². The van der Waals surface area contributed by atoms with Crippen molar-refractivity contribution in [3.8, 4) is 0 Å². The zero-order chi connectivity index (χ0) is 16.5. The SMILES string of the molecule is CCCCS(=O)(=O)NCC(Cc1ccncc1)c1ccccc1. The van der Waals surface area contributed by atoms with Crippen molar-refractivity contribution >= 4 is 10.0 Å². The number of hydrogen-bond acceptors (Lipinski definition) is 3. The second kappa shape index (κ2) is 8.79. The molecule has 0 aliphatic heterocycles. The maximum Gasteiger partial charge on any atom is 0.211 e. The molecule has 2 aromatic rings. The van der Waals surface area contributed by atoms with E-state index in [1.54, 1.807) is 12.4 Å². The highest BCUT2D eigenvalue weighted by molar-refractivity contribution is 7.89. The van der Waals surface area contributed by atoms with Gasteiger partial charge in [0.1, 0.15) is 0 Å². The van der Waals surface area contributed by atoms with Gasteiger partial charge < -0.3 is 0 Å². The number of rotatable bonds is 9. The summed E-state index contributed by atoms with van der Waals surface area (Å²) >= 11 is 0. The third-order valence-corrected chi connectivity index (χ3v) is 5.25. The monoisotopic (exact) mass is 332 g/mol. The first-order valence-corrected chi connectivity index (χ1v) is 9.67. The van der Waals surface area contributed by atoms with Crippen LogP contribution in [0.3, 0.4) is 0 Å². The molecule has 5 heteroatoms. The highest BCUT2D eigenvalue weighted by Gasteiger charge is 2.16. The van der Waals surface area contributed by atoms with Gasteiger partial charge in [0.15, 0.2) is 0 Å². The average molecular weight is 332 g/mol. The normalized spacial score (nSPS) is 12.9. The average Bonchev–Trinajstić information content (AvgIpc) is 2.58. The third-order valence-electron chi connectivity index (χ3n) is 3.82. The first kappa shape index (κ1) is 17.6. The van der Waals surface area contributed by atoms with Crippen molar-refractivity contribution in [2.45, 2.75) is 32.1 Å². The highest BCUT2D eigenvalue weighted by Crippen LogP contribution is 2.20. The summed E-state index contributed by atoms with van der Waals surface area (Å²) < 4.78 is 26.9. The molecule has 4 nitrogen and oxygen atoms in total. The standard InChI is InChI=1S/C18H24N2O2S/c1-2-3-13-23(21,22)20-15-18(17-7-5-4-6-8-17)14-16-9-11-19-12-10-16/h4-12,18,20H,2-3,13-15H2,1H3. The first-order chi connectivity index (χ1) is 11.1. The van der Waals surface area contributed by atoms with Gasteiger partial charge in [-0.1, -0.05) is 43.7 Å². The molecular formula is C18H24N2O2S. The lowest BCUT2D eigenvalue weighted by Crippen LogP contribution is -2.31. The molecule has 0 fully saturated rings. The van der Waals surface area contributed by atoms with E-state index in [2.05, 4.69) is 9.71 Å². The number of aromatic nitrogens is 1. The molecule has 23 heavy (non-hydrogen) atoms. The van der Waals surface area contributed by atoms with Crippen molar-refractivity contribution in [1.29, 1.82) is 0 Å². The van der Waals surface area contributed by atoms with Gasteiger partial charge in [-0.15, -0.1) is 0 Å². The highest BCUT2D eigenvalue weighted by atomic mass is 32.2. The second-order valence-corrected chi connectivity index (χ2v) is 7.61. The van der Waals surface area contributed by atoms with Crippen molar-refractivity contribution in [1.82, 2.24) is 9.71 Å². The number of hydrogen-bond donors (Lipinski definition) is 1. The summed E-state index contributed by atoms with van der Waals surface area (Å²) in [5, 5.41) is 0. The number of benzene rings is 1. The number of pyridine rings is 1. The summed E-state index contributed by atoms with van der Waals surface area (Å²) in [6.45, 7) is 2.41. The molecule has 0 saturated heterocycles. The molecule has 124 valence electrons. The molecule has 1 unspecified atom stereocenters. The molecular weight excluding hydrogens is 308 g/mol. The van der Waals surface area contributed by atoms with Crippen LogP contribution in [0.25, 0.3) is 0 Å². The zero-order valence-electron chi connectivity index (χ0n) is 13.5. The Morgan fingerprint density at radius 2 is 1.78 bits per heavy atom. The van der Waals surface area contributed by atoms with Crippen LogP contribution in [0.2, 0.25) is 0 Å². The lowest BCUT2D eigenvalue weighted by Gasteiger charge is -2.18. The number of sulfonamides is 1. The molecule has 0 spiro atoms. The third kappa shape index (κ3) is 6.12. The quantitative estimate of drug-likeness (QED) is 0.767. The van der Waals surface area contributed by atoms with Crippen LogP contribution >= 0.6 is 0 Å². The second-order valence-electron chi connectivity index (χ2n) is 5.69. The predicted octanol–water partition coefficient (Wildman–Crippen LogP) is 3.13. The Morgan fingerprint density at radius 1 is 1.09 bits per heavy atom. The predicted molar refractivity (Wildman–Crippen MR) is 93.8 cm³/mol. The minimum atomic E-state index is -3.20. The molecule has 1 aromatic heterocycles. The van der Waals surface area contributed by atoms with Gasteiger partial charge in [0.05, 0.1) is 5.75 Å². The summed E-state index contributed by atoms with van der Waals surface area (Å²) in [4.78, 5) is 4.03. The molecule has 0 saturated carbocycles. The van der Waals surface area contributed by atoms with E-state index >= 15 is 0 Å². The maximum atomic E-state index is 12.1. The number of nitrogens with zero attached hydrogens (tertiary/aromatic N) is 1. The summed E-state index contributed by atoms with van der Waals surface area (Å²) in [5.41, 5.74) is 2.30. The first-order valence-electron chi connectivity index (χ1n) is 8.02. The Hall–Kier alpha value is -1.72. The maximum absolute atomic E-state index is 12.1. The van der Waals surface area contributed by atoms with Crippen molar-refractivity contribution in [2.75, 3.05) is 12.3 Å². The molecule has 0 amide bonds. The molecule has 0 radical (unpaired) electrons. The Labute approximate surface area is 139 Å². The van der Waals surface area contributed by atoms with Gasteiger partial charge in [-0.3, -0.25) is 4.98 Å². The van der Waals surface area contributed by atoms with Crippen LogP contribution in [0, 0.1) is 0 Å². The minimum absolute atomic E-state index is 0.106. The van der Waals surface area contributed by atoms with E-state index in [9.17, 15) is 8.42 Å². The van der Waals surface area contributed by atoms with E-state index in [1.807, 2.05) is 49.4 Å². The summed E-state index contributed by atoms with van der Waals surface area (Å²) in [5.74, 6) is 0.301. The summed E-state index contributed by atoms with van der Waals surface area (Å²) in [6.07, 6.45) is 5.88. The Bertz CT molecular complexity index is 673. The number of unbranched alkanes of at least 4 members (excludes halogenated alkanes) is 1. The minimum Gasteiger partial charge on any atom is -0.265 e. The van der Waals surface area contributed by atoms with Gasteiger partial charge in [0.2, 0.25) is 10.0 Å². The fourth-order valence-electron chi connectivity index (χ4n) is 2.47. The van der Waals surface area contributed by atoms with Crippen molar-refractivity contribution < 1.29 is 8.42 Å². The fourth-order valence-corrected chi connectivity index (χ4v) is 3.74. The van der Waals surface area contributed by atoms with Crippen molar-refractivity contribution in [2.24, 2.45) is 0 Å². The van der Waals surface area contributed by atoms with Crippen LogP contribution in [0.15, 0.2) is 54.9 Å². The van der Waals surface area contributed by atoms with Gasteiger partial charge in [-0.2, -0.15) is 0 Å². The smallest absolute Gasteiger partial charge is 0.211 e. The molecule has 0 aliphatic carbocycles. The lowest BCUT2D eigenvalue weighted by molar-refractivity contribution is 0.565. The lowest BCUT2D eigenvalue weighted by atomic mass is 9.92. The Morgan fingerprint density at radius 3 is 2.43 bits per heavy atom. The molecule has 0 bridgehead atoms. The van der Waals surface area contributed by atoms with Gasteiger partial charge in [0.25, 0.3) is 0 Å². The summed E-state index contributed by atoms with van der Waals surface area (Å²) in [6, 6.07) is 14.0. The Kier molecular flexibility index (Phi) is 6.74. The van der Waals surface area contributed by atoms with E-state index in [4.69, 9.17) is 0 Å². The van der Waals surface area contributed by atoms with Crippen molar-refractivity contribution in [3.05, 3.63) is 66.0 Å². The molecule has 0 aliphatic rings. The number of nitrogens with one attached hydrogen (secondary N) is 1. The Balaban J connectivity index is 2.08. The van der Waals surface area contributed by atoms with Crippen LogP contribution in [0.1, 0.15) is 36.8 Å². The summed E-state index contributed by atoms with van der Waals surface area (Å²) in [7, 11) is -3.20. The van der Waals surface area contributed by atoms with E-state index in [0.717, 1.165) is 24.0 Å². The topological polar surface area (TPSA) is 59.1 Å². The molecule has 2 rings (SSSR count). The van der Waals surface area contributed by atoms with Gasteiger partial charge in [0, 0.05) is 24.9 Å². The van der Waals surface area contributed by atoms with Gasteiger partial charge in [-0.05, 0) is 36.1 Å². The molecule has 1 N–H and O–H groups in total. The van der Waals surface area contributed by atoms with E-state index in [1.165, 1.54) is 0 Å².